The highest BCUT2D eigenvalue weighted by molar-refractivity contribution is 5.76. The zero-order chi connectivity index (χ0) is 21.9. The summed E-state index contributed by atoms with van der Waals surface area (Å²) >= 11 is 0. The largest absolute Gasteiger partial charge is 0.494 e. The molecule has 5 heteroatoms. The van der Waals surface area contributed by atoms with Crippen molar-refractivity contribution in [2.24, 2.45) is 0 Å². The maximum absolute atomic E-state index is 12.5. The van der Waals surface area contributed by atoms with Crippen LogP contribution in [0.15, 0.2) is 24.3 Å². The lowest BCUT2D eigenvalue weighted by molar-refractivity contribution is -0.131. The van der Waals surface area contributed by atoms with Gasteiger partial charge in [-0.1, -0.05) is 64.0 Å². The average molecular weight is 422 g/mol. The van der Waals surface area contributed by atoms with Crippen molar-refractivity contribution < 1.29 is 19.4 Å². The second kappa shape index (κ2) is 18.2. The van der Waals surface area contributed by atoms with Gasteiger partial charge >= 0.3 is 0 Å². The van der Waals surface area contributed by atoms with Gasteiger partial charge in [-0.25, -0.2) is 0 Å². The first kappa shape index (κ1) is 26.4. The minimum Gasteiger partial charge on any atom is -0.494 e. The number of ether oxygens (including phenoxy) is 2. The number of aryl methyl sites for hydroxylation is 1. The highest BCUT2D eigenvalue weighted by atomic mass is 16.5. The summed E-state index contributed by atoms with van der Waals surface area (Å²) in [5, 5.41) is 9.21. The van der Waals surface area contributed by atoms with E-state index in [1.54, 1.807) is 12.0 Å². The molecule has 1 aromatic carbocycles. The van der Waals surface area contributed by atoms with Gasteiger partial charge in [0.25, 0.3) is 0 Å². The molecule has 0 aromatic heterocycles. The molecule has 0 radical (unpaired) electrons. The Labute approximate surface area is 183 Å². The molecule has 0 fully saturated rings. The molecular formula is C25H43NO4. The summed E-state index contributed by atoms with van der Waals surface area (Å²) in [5.74, 6) is 0.959. The van der Waals surface area contributed by atoms with Gasteiger partial charge in [-0.05, 0) is 37.0 Å². The predicted octanol–water partition coefficient (Wildman–Crippen LogP) is 5.00. The Morgan fingerprint density at radius 2 is 1.70 bits per heavy atom. The Hall–Kier alpha value is -1.59. The first-order valence-corrected chi connectivity index (χ1v) is 11.8. The summed E-state index contributed by atoms with van der Waals surface area (Å²) in [7, 11) is 1.65. The standard InChI is InChI=1S/C25H43NO4/c1-3-4-5-6-7-8-9-10-21-30-24-14-11-13-23(22-24)15-16-25(28)26(18-19-27)17-12-20-29-2/h11,13-14,22,27H,3-10,12,15-21H2,1-2H3. The van der Waals surface area contributed by atoms with E-state index in [4.69, 9.17) is 9.47 Å². The molecular weight excluding hydrogens is 378 g/mol. The molecule has 1 aromatic rings. The number of rotatable bonds is 19. The minimum absolute atomic E-state index is 0.0131. The van der Waals surface area contributed by atoms with Crippen LogP contribution in [0.4, 0.5) is 0 Å². The quantitative estimate of drug-likeness (QED) is 0.320. The lowest BCUT2D eigenvalue weighted by Gasteiger charge is -2.21. The molecule has 0 aliphatic rings. The molecule has 1 amide bonds. The molecule has 1 rings (SSSR count). The van der Waals surface area contributed by atoms with Crippen molar-refractivity contribution in [1.82, 2.24) is 4.90 Å². The number of aliphatic hydroxyl groups is 1. The summed E-state index contributed by atoms with van der Waals surface area (Å²) in [6.45, 7) is 4.61. The Balaban J connectivity index is 2.28. The van der Waals surface area contributed by atoms with Gasteiger partial charge in [-0.15, -0.1) is 0 Å². The molecule has 30 heavy (non-hydrogen) atoms. The number of methoxy groups -OCH3 is 1. The molecule has 5 nitrogen and oxygen atoms in total. The number of carbonyl (C=O) groups is 1. The van der Waals surface area contributed by atoms with E-state index in [9.17, 15) is 9.90 Å². The van der Waals surface area contributed by atoms with Crippen molar-refractivity contribution in [3.8, 4) is 5.75 Å². The third-order valence-electron chi connectivity index (χ3n) is 5.29. The smallest absolute Gasteiger partial charge is 0.222 e. The Bertz CT molecular complexity index is 550. The minimum atomic E-state index is -0.0131. The SMILES string of the molecule is CCCCCCCCCCOc1cccc(CCC(=O)N(CCO)CCCOC)c1. The van der Waals surface area contributed by atoms with E-state index in [0.717, 1.165) is 30.8 Å². The van der Waals surface area contributed by atoms with Gasteiger partial charge in [-0.3, -0.25) is 4.79 Å². The lowest BCUT2D eigenvalue weighted by Crippen LogP contribution is -2.35. The molecule has 0 atom stereocenters. The van der Waals surface area contributed by atoms with E-state index in [2.05, 4.69) is 6.92 Å². The maximum atomic E-state index is 12.5. The zero-order valence-corrected chi connectivity index (χ0v) is 19.2. The van der Waals surface area contributed by atoms with Gasteiger partial charge in [0.2, 0.25) is 5.91 Å². The topological polar surface area (TPSA) is 59.0 Å². The fourth-order valence-corrected chi connectivity index (χ4v) is 3.51. The lowest BCUT2D eigenvalue weighted by atomic mass is 10.1. The van der Waals surface area contributed by atoms with E-state index >= 15 is 0 Å². The molecule has 1 N–H and O–H groups in total. The van der Waals surface area contributed by atoms with Crippen LogP contribution in [0.1, 0.15) is 76.7 Å². The van der Waals surface area contributed by atoms with E-state index < -0.39 is 0 Å². The van der Waals surface area contributed by atoms with Crippen molar-refractivity contribution in [3.63, 3.8) is 0 Å². The van der Waals surface area contributed by atoms with E-state index in [-0.39, 0.29) is 12.5 Å². The first-order valence-electron chi connectivity index (χ1n) is 11.8. The van der Waals surface area contributed by atoms with Gasteiger partial charge in [0.15, 0.2) is 0 Å². The van der Waals surface area contributed by atoms with Crippen LogP contribution in [0.5, 0.6) is 5.75 Å². The van der Waals surface area contributed by atoms with Crippen molar-refractivity contribution in [3.05, 3.63) is 29.8 Å². The van der Waals surface area contributed by atoms with Crippen molar-refractivity contribution in [2.75, 3.05) is 40.0 Å². The van der Waals surface area contributed by atoms with Crippen molar-refractivity contribution >= 4 is 5.91 Å². The molecule has 0 aliphatic carbocycles. The third-order valence-corrected chi connectivity index (χ3v) is 5.29. The van der Waals surface area contributed by atoms with Crippen molar-refractivity contribution in [1.29, 1.82) is 0 Å². The molecule has 172 valence electrons. The molecule has 0 saturated heterocycles. The fourth-order valence-electron chi connectivity index (χ4n) is 3.51. The van der Waals surface area contributed by atoms with Gasteiger partial charge in [-0.2, -0.15) is 0 Å². The van der Waals surface area contributed by atoms with Crippen LogP contribution in [0.3, 0.4) is 0 Å². The summed E-state index contributed by atoms with van der Waals surface area (Å²) in [5.41, 5.74) is 1.11. The Morgan fingerprint density at radius 1 is 0.967 bits per heavy atom. The second-order valence-corrected chi connectivity index (χ2v) is 7.92. The number of hydrogen-bond donors (Lipinski definition) is 1. The van der Waals surface area contributed by atoms with Gasteiger partial charge in [0.05, 0.1) is 13.2 Å². The fraction of sp³-hybridized carbons (Fsp3) is 0.720. The Kier molecular flexibility index (Phi) is 16.0. The third kappa shape index (κ3) is 12.9. The maximum Gasteiger partial charge on any atom is 0.222 e. The molecule has 0 heterocycles. The summed E-state index contributed by atoms with van der Waals surface area (Å²) in [6, 6.07) is 8.06. The van der Waals surface area contributed by atoms with Crippen LogP contribution in [0.25, 0.3) is 0 Å². The molecule has 0 saturated carbocycles. The predicted molar refractivity (Wildman–Crippen MR) is 123 cm³/mol. The molecule has 0 aliphatic heterocycles. The number of carbonyl (C=O) groups excluding carboxylic acids is 1. The van der Waals surface area contributed by atoms with Gasteiger partial charge in [0.1, 0.15) is 5.75 Å². The highest BCUT2D eigenvalue weighted by Crippen LogP contribution is 2.16. The molecule has 0 unspecified atom stereocenters. The van der Waals surface area contributed by atoms with E-state index in [1.165, 1.54) is 44.9 Å². The monoisotopic (exact) mass is 421 g/mol. The summed E-state index contributed by atoms with van der Waals surface area (Å²) in [6.07, 6.45) is 12.2. The summed E-state index contributed by atoms with van der Waals surface area (Å²) < 4.78 is 11.0. The van der Waals surface area contributed by atoms with Crippen LogP contribution < -0.4 is 4.74 Å². The second-order valence-electron chi connectivity index (χ2n) is 7.92. The van der Waals surface area contributed by atoms with Gasteiger partial charge < -0.3 is 19.5 Å². The number of hydrogen-bond acceptors (Lipinski definition) is 4. The normalized spacial score (nSPS) is 10.9. The highest BCUT2D eigenvalue weighted by Gasteiger charge is 2.12. The zero-order valence-electron chi connectivity index (χ0n) is 19.2. The number of benzene rings is 1. The van der Waals surface area contributed by atoms with Crippen LogP contribution in [-0.2, 0) is 16.0 Å². The number of unbranched alkanes of at least 4 members (excludes halogenated alkanes) is 7. The average Bonchev–Trinajstić information content (AvgIpc) is 2.76. The van der Waals surface area contributed by atoms with E-state index in [0.29, 0.717) is 32.5 Å². The Morgan fingerprint density at radius 3 is 2.40 bits per heavy atom. The van der Waals surface area contributed by atoms with Crippen LogP contribution >= 0.6 is 0 Å². The van der Waals surface area contributed by atoms with Crippen molar-refractivity contribution in [2.45, 2.75) is 77.6 Å². The summed E-state index contributed by atoms with van der Waals surface area (Å²) in [4.78, 5) is 14.2. The number of nitrogens with zero attached hydrogens (tertiary/aromatic N) is 1. The molecule has 0 bridgehead atoms. The van der Waals surface area contributed by atoms with Gasteiger partial charge in [0, 0.05) is 33.2 Å². The number of amides is 1. The van der Waals surface area contributed by atoms with Crippen LogP contribution in [-0.4, -0.2) is 55.9 Å². The first-order chi connectivity index (χ1) is 14.7. The van der Waals surface area contributed by atoms with Crippen LogP contribution in [0.2, 0.25) is 0 Å². The molecule has 0 spiro atoms. The number of aliphatic hydroxyl groups excluding tert-OH is 1. The van der Waals surface area contributed by atoms with E-state index in [1.807, 2.05) is 24.3 Å². The van der Waals surface area contributed by atoms with Crippen LogP contribution in [0, 0.1) is 0 Å².